The van der Waals surface area contributed by atoms with E-state index in [-0.39, 0.29) is 41.9 Å². The fourth-order valence-electron chi connectivity index (χ4n) is 3.69. The molecule has 12 heteroatoms. The van der Waals surface area contributed by atoms with Gasteiger partial charge in [0.1, 0.15) is 23.3 Å². The van der Waals surface area contributed by atoms with Gasteiger partial charge in [-0.05, 0) is 31.5 Å². The molecule has 1 aromatic heterocycles. The van der Waals surface area contributed by atoms with Crippen LogP contribution in [0.25, 0.3) is 11.1 Å². The number of carbonyl (C=O) groups excluding carboxylic acids is 2. The summed E-state index contributed by atoms with van der Waals surface area (Å²) in [5, 5.41) is 1.87. The van der Waals surface area contributed by atoms with E-state index in [0.29, 0.717) is 6.07 Å². The number of halogens is 5. The van der Waals surface area contributed by atoms with E-state index >= 15 is 0 Å². The molecule has 1 fully saturated rings. The van der Waals surface area contributed by atoms with Crippen molar-refractivity contribution in [2.75, 3.05) is 18.0 Å². The molecule has 1 unspecified atom stereocenters. The Labute approximate surface area is 185 Å². The Morgan fingerprint density at radius 2 is 1.85 bits per heavy atom. The summed E-state index contributed by atoms with van der Waals surface area (Å²) >= 11 is 0. The van der Waals surface area contributed by atoms with Gasteiger partial charge in [-0.25, -0.2) is 13.6 Å². The summed E-state index contributed by atoms with van der Waals surface area (Å²) in [7, 11) is 0. The van der Waals surface area contributed by atoms with Crippen LogP contribution in [0.1, 0.15) is 30.6 Å². The quantitative estimate of drug-likeness (QED) is 0.646. The molecule has 0 radical (unpaired) electrons. The summed E-state index contributed by atoms with van der Waals surface area (Å²) < 4.78 is 72.0. The van der Waals surface area contributed by atoms with Crippen LogP contribution in [0.5, 0.6) is 0 Å². The second-order valence-corrected chi connectivity index (χ2v) is 8.02. The topological polar surface area (TPSA) is 97.6 Å². The number of hydrogen-bond donors (Lipinski definition) is 2. The SMILES string of the molecule is CC(NC(=O)c1cncc(-c2cc(F)cc(F)c2)c1N1CC[C@](C)(OC(N)=O)C1)C(F)(F)F. The van der Waals surface area contributed by atoms with Crippen molar-refractivity contribution in [2.45, 2.75) is 38.1 Å². The van der Waals surface area contributed by atoms with Gasteiger partial charge in [-0.1, -0.05) is 0 Å². The summed E-state index contributed by atoms with van der Waals surface area (Å²) in [6.07, 6.45) is -3.10. The number of primary amides is 1. The molecule has 2 aromatic rings. The zero-order valence-electron chi connectivity index (χ0n) is 17.7. The molecule has 3 N–H and O–H groups in total. The number of amides is 2. The number of hydrogen-bond acceptors (Lipinski definition) is 5. The van der Waals surface area contributed by atoms with Crippen LogP contribution in [0.3, 0.4) is 0 Å². The van der Waals surface area contributed by atoms with Crippen LogP contribution in [0, 0.1) is 11.6 Å². The molecule has 0 spiro atoms. The Morgan fingerprint density at radius 1 is 1.21 bits per heavy atom. The van der Waals surface area contributed by atoms with Gasteiger partial charge in [0.05, 0.1) is 17.8 Å². The third-order valence-corrected chi connectivity index (χ3v) is 5.27. The molecule has 1 aliphatic rings. The van der Waals surface area contributed by atoms with Crippen LogP contribution in [0.15, 0.2) is 30.6 Å². The number of pyridine rings is 1. The van der Waals surface area contributed by atoms with E-state index in [0.717, 1.165) is 25.3 Å². The fraction of sp³-hybridized carbons (Fsp3) is 0.381. The Bertz CT molecular complexity index is 1060. The lowest BCUT2D eigenvalue weighted by molar-refractivity contribution is -0.149. The predicted octanol–water partition coefficient (Wildman–Crippen LogP) is 3.77. The summed E-state index contributed by atoms with van der Waals surface area (Å²) in [6.45, 7) is 2.63. The van der Waals surface area contributed by atoms with E-state index in [1.165, 1.54) is 6.20 Å². The predicted molar refractivity (Wildman–Crippen MR) is 108 cm³/mol. The lowest BCUT2D eigenvalue weighted by Crippen LogP contribution is -2.43. The number of ether oxygens (including phenoxy) is 1. The average molecular weight is 472 g/mol. The minimum Gasteiger partial charge on any atom is -0.441 e. The zero-order valence-corrected chi connectivity index (χ0v) is 17.7. The van der Waals surface area contributed by atoms with Crippen molar-refractivity contribution in [3.05, 3.63) is 47.8 Å². The van der Waals surface area contributed by atoms with Gasteiger partial charge in [0, 0.05) is 37.0 Å². The van der Waals surface area contributed by atoms with Crippen LogP contribution < -0.4 is 16.0 Å². The first-order valence-electron chi connectivity index (χ1n) is 9.84. The number of carbonyl (C=O) groups is 2. The number of anilines is 1. The molecular weight excluding hydrogens is 451 g/mol. The largest absolute Gasteiger partial charge is 0.441 e. The van der Waals surface area contributed by atoms with Crippen molar-refractivity contribution in [3.8, 4) is 11.1 Å². The lowest BCUT2D eigenvalue weighted by Gasteiger charge is -2.28. The van der Waals surface area contributed by atoms with Crippen molar-refractivity contribution < 1.29 is 36.3 Å². The number of nitrogens with two attached hydrogens (primary N) is 1. The number of nitrogens with one attached hydrogen (secondary N) is 1. The zero-order chi connectivity index (χ0) is 24.6. The first-order valence-corrected chi connectivity index (χ1v) is 9.84. The number of aromatic nitrogens is 1. The van der Waals surface area contributed by atoms with Crippen molar-refractivity contribution >= 4 is 17.7 Å². The highest BCUT2D eigenvalue weighted by Crippen LogP contribution is 2.39. The van der Waals surface area contributed by atoms with E-state index in [1.54, 1.807) is 11.8 Å². The van der Waals surface area contributed by atoms with E-state index in [4.69, 9.17) is 10.5 Å². The van der Waals surface area contributed by atoms with Gasteiger partial charge in [-0.2, -0.15) is 13.2 Å². The Balaban J connectivity index is 2.11. The second-order valence-electron chi connectivity index (χ2n) is 8.02. The minimum atomic E-state index is -4.69. The van der Waals surface area contributed by atoms with Crippen LogP contribution in [-0.2, 0) is 4.74 Å². The molecule has 7 nitrogen and oxygen atoms in total. The third-order valence-electron chi connectivity index (χ3n) is 5.27. The van der Waals surface area contributed by atoms with E-state index < -0.39 is 41.5 Å². The van der Waals surface area contributed by atoms with E-state index in [9.17, 15) is 31.5 Å². The summed E-state index contributed by atoms with van der Waals surface area (Å²) in [5.41, 5.74) is 4.07. The van der Waals surface area contributed by atoms with Crippen LogP contribution in [0.2, 0.25) is 0 Å². The molecule has 1 aromatic carbocycles. The van der Waals surface area contributed by atoms with Gasteiger partial charge in [0.25, 0.3) is 5.91 Å². The lowest BCUT2D eigenvalue weighted by atomic mass is 10.0. The number of alkyl halides is 3. The highest BCUT2D eigenvalue weighted by atomic mass is 19.4. The summed E-state index contributed by atoms with van der Waals surface area (Å²) in [4.78, 5) is 29.6. The molecule has 1 saturated heterocycles. The van der Waals surface area contributed by atoms with Gasteiger partial charge in [0.15, 0.2) is 0 Å². The summed E-state index contributed by atoms with van der Waals surface area (Å²) in [5.74, 6) is -2.86. The Hall–Kier alpha value is -3.44. The molecule has 0 aliphatic carbocycles. The second kappa shape index (κ2) is 8.83. The minimum absolute atomic E-state index is 0.0259. The molecule has 0 bridgehead atoms. The van der Waals surface area contributed by atoms with Gasteiger partial charge in [0.2, 0.25) is 0 Å². The van der Waals surface area contributed by atoms with Crippen LogP contribution in [-0.4, -0.2) is 47.9 Å². The molecule has 33 heavy (non-hydrogen) atoms. The Kier molecular flexibility index (Phi) is 6.48. The molecule has 0 saturated carbocycles. The first-order chi connectivity index (χ1) is 15.3. The number of benzene rings is 1. The van der Waals surface area contributed by atoms with Crippen molar-refractivity contribution in [1.82, 2.24) is 10.3 Å². The number of nitrogens with zero attached hydrogens (tertiary/aromatic N) is 2. The van der Waals surface area contributed by atoms with Crippen molar-refractivity contribution in [1.29, 1.82) is 0 Å². The molecule has 1 aliphatic heterocycles. The molecule has 178 valence electrons. The molecule has 2 heterocycles. The summed E-state index contributed by atoms with van der Waals surface area (Å²) in [6, 6.07) is 0.527. The third kappa shape index (κ3) is 5.49. The fourth-order valence-corrected chi connectivity index (χ4v) is 3.69. The maximum atomic E-state index is 13.9. The normalized spacial score (nSPS) is 19.3. The van der Waals surface area contributed by atoms with Crippen molar-refractivity contribution in [3.63, 3.8) is 0 Å². The highest BCUT2D eigenvalue weighted by Gasteiger charge is 2.41. The maximum absolute atomic E-state index is 13.9. The maximum Gasteiger partial charge on any atom is 0.408 e. The van der Waals surface area contributed by atoms with Gasteiger partial charge in [-0.15, -0.1) is 0 Å². The molecule has 2 atom stereocenters. The molecular formula is C21H21F5N4O3. The van der Waals surface area contributed by atoms with Crippen LogP contribution >= 0.6 is 0 Å². The van der Waals surface area contributed by atoms with Gasteiger partial charge >= 0.3 is 12.3 Å². The molecule has 3 rings (SSSR count). The smallest absolute Gasteiger partial charge is 0.408 e. The van der Waals surface area contributed by atoms with Crippen LogP contribution in [0.4, 0.5) is 32.4 Å². The molecule has 2 amide bonds. The monoisotopic (exact) mass is 472 g/mol. The van der Waals surface area contributed by atoms with E-state index in [2.05, 4.69) is 4.98 Å². The standard InChI is InChI=1S/C21H21F5N4O3/c1-11(21(24,25)26)29-18(31)16-9-28-8-15(12-5-13(22)7-14(23)6-12)17(16)30-4-3-20(2,10-30)33-19(27)32/h5-9,11H,3-4,10H2,1-2H3,(H2,27,32)(H,29,31)/t11?,20-/m0/s1. The van der Waals surface area contributed by atoms with Gasteiger partial charge in [-0.3, -0.25) is 9.78 Å². The van der Waals surface area contributed by atoms with Gasteiger partial charge < -0.3 is 20.7 Å². The van der Waals surface area contributed by atoms with E-state index in [1.807, 2.05) is 5.32 Å². The van der Waals surface area contributed by atoms with Crippen molar-refractivity contribution in [2.24, 2.45) is 5.73 Å². The first kappa shape index (κ1) is 24.2. The average Bonchev–Trinajstić information content (AvgIpc) is 3.06. The number of rotatable bonds is 5. The highest BCUT2D eigenvalue weighted by molar-refractivity contribution is 6.03. The Morgan fingerprint density at radius 3 is 2.42 bits per heavy atom.